The first-order chi connectivity index (χ1) is 13.9. The molecule has 2 aromatic rings. The Bertz CT molecular complexity index is 950. The number of hydrogen-bond donors (Lipinski definition) is 1. The van der Waals surface area contributed by atoms with Crippen LogP contribution in [0, 0.1) is 25.2 Å². The number of rotatable bonds is 8. The van der Waals surface area contributed by atoms with E-state index in [2.05, 4.69) is 14.6 Å². The summed E-state index contributed by atoms with van der Waals surface area (Å²) in [6.07, 6.45) is 2.24. The van der Waals surface area contributed by atoms with E-state index in [1.807, 2.05) is 50.2 Å². The first-order valence-corrected chi connectivity index (χ1v) is 9.21. The normalized spacial score (nSPS) is 10.9. The van der Waals surface area contributed by atoms with Crippen LogP contribution in [0.25, 0.3) is 11.8 Å². The van der Waals surface area contributed by atoms with Crippen molar-refractivity contribution in [2.45, 2.75) is 26.7 Å². The molecule has 0 radical (unpaired) electrons. The van der Waals surface area contributed by atoms with Crippen molar-refractivity contribution in [2.24, 2.45) is 0 Å². The molecule has 29 heavy (non-hydrogen) atoms. The molecule has 1 heterocycles. The SMILES string of the molecule is COC(=O)CCCNC(=O)/C(C#N)=C/c1cc(C)n(-c2ccc(OC)cc2)c1C. The summed E-state index contributed by atoms with van der Waals surface area (Å²) in [5.74, 6) is -0.0279. The fourth-order valence-electron chi connectivity index (χ4n) is 3.00. The van der Waals surface area contributed by atoms with Crippen molar-refractivity contribution in [3.8, 4) is 17.5 Å². The van der Waals surface area contributed by atoms with Gasteiger partial charge in [-0.15, -0.1) is 0 Å². The lowest BCUT2D eigenvalue weighted by Crippen LogP contribution is -2.26. The minimum atomic E-state index is -0.466. The van der Waals surface area contributed by atoms with Crippen LogP contribution in [-0.2, 0) is 14.3 Å². The van der Waals surface area contributed by atoms with Gasteiger partial charge in [-0.1, -0.05) is 0 Å². The van der Waals surface area contributed by atoms with Gasteiger partial charge in [-0.25, -0.2) is 0 Å². The first-order valence-electron chi connectivity index (χ1n) is 9.21. The molecule has 0 aliphatic rings. The summed E-state index contributed by atoms with van der Waals surface area (Å²) in [6.45, 7) is 4.19. The number of hydrogen-bond acceptors (Lipinski definition) is 5. The zero-order chi connectivity index (χ0) is 21.4. The van der Waals surface area contributed by atoms with Gasteiger partial charge in [0.2, 0.25) is 0 Å². The fourth-order valence-corrected chi connectivity index (χ4v) is 3.00. The Balaban J connectivity index is 2.18. The highest BCUT2D eigenvalue weighted by Gasteiger charge is 2.14. The second-order valence-electron chi connectivity index (χ2n) is 6.47. The van der Waals surface area contributed by atoms with Crippen molar-refractivity contribution in [3.63, 3.8) is 0 Å². The van der Waals surface area contributed by atoms with Crippen LogP contribution in [0.15, 0.2) is 35.9 Å². The molecule has 7 heteroatoms. The predicted octanol–water partition coefficient (Wildman–Crippen LogP) is 3.08. The van der Waals surface area contributed by atoms with Crippen molar-refractivity contribution in [2.75, 3.05) is 20.8 Å². The Morgan fingerprint density at radius 2 is 1.90 bits per heavy atom. The molecule has 0 atom stereocenters. The van der Waals surface area contributed by atoms with E-state index >= 15 is 0 Å². The van der Waals surface area contributed by atoms with Gasteiger partial charge in [0.25, 0.3) is 5.91 Å². The number of methoxy groups -OCH3 is 2. The van der Waals surface area contributed by atoms with Crippen LogP contribution in [0.2, 0.25) is 0 Å². The van der Waals surface area contributed by atoms with Crippen molar-refractivity contribution in [1.29, 1.82) is 5.26 Å². The molecule has 0 aliphatic heterocycles. The van der Waals surface area contributed by atoms with Gasteiger partial charge in [-0.3, -0.25) is 9.59 Å². The molecule has 0 bridgehead atoms. The van der Waals surface area contributed by atoms with Crippen molar-refractivity contribution in [1.82, 2.24) is 9.88 Å². The maximum Gasteiger partial charge on any atom is 0.305 e. The van der Waals surface area contributed by atoms with Gasteiger partial charge in [0.15, 0.2) is 0 Å². The minimum absolute atomic E-state index is 0.0121. The number of carbonyl (C=O) groups is 2. The average molecular weight is 395 g/mol. The van der Waals surface area contributed by atoms with Crippen LogP contribution in [0.3, 0.4) is 0 Å². The maximum atomic E-state index is 12.3. The molecule has 0 fully saturated rings. The third-order valence-corrected chi connectivity index (χ3v) is 4.54. The first kappa shape index (κ1) is 21.8. The molecule has 0 unspecified atom stereocenters. The highest BCUT2D eigenvalue weighted by atomic mass is 16.5. The molecule has 1 aromatic carbocycles. The number of ether oxygens (including phenoxy) is 2. The smallest absolute Gasteiger partial charge is 0.305 e. The van der Waals surface area contributed by atoms with Gasteiger partial charge >= 0.3 is 5.97 Å². The summed E-state index contributed by atoms with van der Waals surface area (Å²) in [6, 6.07) is 11.5. The molecule has 0 spiro atoms. The number of aryl methyl sites for hydroxylation is 1. The van der Waals surface area contributed by atoms with E-state index in [-0.39, 0.29) is 24.5 Å². The Kier molecular flexibility index (Phi) is 7.61. The van der Waals surface area contributed by atoms with Crippen LogP contribution in [0.5, 0.6) is 5.75 Å². The highest BCUT2D eigenvalue weighted by Crippen LogP contribution is 2.24. The lowest BCUT2D eigenvalue weighted by Gasteiger charge is -2.10. The van der Waals surface area contributed by atoms with Crippen molar-refractivity contribution in [3.05, 3.63) is 52.9 Å². The Morgan fingerprint density at radius 3 is 2.48 bits per heavy atom. The molecule has 152 valence electrons. The van der Waals surface area contributed by atoms with Crippen LogP contribution < -0.4 is 10.1 Å². The lowest BCUT2D eigenvalue weighted by atomic mass is 10.1. The van der Waals surface area contributed by atoms with Crippen LogP contribution in [-0.4, -0.2) is 37.2 Å². The number of amides is 1. The minimum Gasteiger partial charge on any atom is -0.497 e. The largest absolute Gasteiger partial charge is 0.497 e. The van der Waals surface area contributed by atoms with Crippen molar-refractivity contribution >= 4 is 18.0 Å². The monoisotopic (exact) mass is 395 g/mol. The summed E-state index contributed by atoms with van der Waals surface area (Å²) in [4.78, 5) is 23.4. The summed E-state index contributed by atoms with van der Waals surface area (Å²) < 4.78 is 11.8. The van der Waals surface area contributed by atoms with Crippen LogP contribution in [0.1, 0.15) is 29.8 Å². The average Bonchev–Trinajstić information content (AvgIpc) is 3.01. The molecule has 0 aliphatic carbocycles. The quantitative estimate of drug-likeness (QED) is 0.321. The third kappa shape index (κ3) is 5.48. The Morgan fingerprint density at radius 1 is 1.21 bits per heavy atom. The molecule has 1 N–H and O–H groups in total. The molecule has 2 rings (SSSR count). The van der Waals surface area contributed by atoms with Gasteiger partial charge in [0, 0.05) is 30.0 Å². The summed E-state index contributed by atoms with van der Waals surface area (Å²) >= 11 is 0. The molecule has 0 saturated carbocycles. The number of nitrogens with zero attached hydrogens (tertiary/aromatic N) is 2. The maximum absolute atomic E-state index is 12.3. The second kappa shape index (κ2) is 10.1. The van der Waals surface area contributed by atoms with Gasteiger partial charge < -0.3 is 19.4 Å². The van der Waals surface area contributed by atoms with Crippen LogP contribution >= 0.6 is 0 Å². The highest BCUT2D eigenvalue weighted by molar-refractivity contribution is 6.01. The lowest BCUT2D eigenvalue weighted by molar-refractivity contribution is -0.140. The second-order valence-corrected chi connectivity index (χ2v) is 6.47. The standard InChI is InChI=1S/C22H25N3O4/c1-15-12-17(16(2)25(15)19-7-9-20(28-3)10-8-19)13-18(14-23)22(27)24-11-5-6-21(26)29-4/h7-10,12-13H,5-6,11H2,1-4H3,(H,24,27)/b18-13+. The van der Waals surface area contributed by atoms with E-state index in [4.69, 9.17) is 4.74 Å². The summed E-state index contributed by atoms with van der Waals surface area (Å²) in [7, 11) is 2.94. The number of carbonyl (C=O) groups excluding carboxylic acids is 2. The number of nitrogens with one attached hydrogen (secondary N) is 1. The van der Waals surface area contributed by atoms with E-state index in [1.165, 1.54) is 7.11 Å². The van der Waals surface area contributed by atoms with E-state index in [0.29, 0.717) is 6.42 Å². The van der Waals surface area contributed by atoms with Crippen LogP contribution in [0.4, 0.5) is 0 Å². The van der Waals surface area contributed by atoms with Crippen molar-refractivity contribution < 1.29 is 19.1 Å². The molecule has 1 amide bonds. The molecule has 7 nitrogen and oxygen atoms in total. The number of aromatic nitrogens is 1. The zero-order valence-electron chi connectivity index (χ0n) is 17.1. The molecule has 1 aromatic heterocycles. The zero-order valence-corrected chi connectivity index (χ0v) is 17.1. The fraction of sp³-hybridized carbons (Fsp3) is 0.318. The van der Waals surface area contributed by atoms with E-state index in [1.54, 1.807) is 13.2 Å². The summed E-state index contributed by atoms with van der Waals surface area (Å²) in [5, 5.41) is 12.1. The Labute approximate surface area is 170 Å². The van der Waals surface area contributed by atoms with E-state index in [9.17, 15) is 14.9 Å². The Hall–Kier alpha value is -3.53. The molecule has 0 saturated heterocycles. The topological polar surface area (TPSA) is 93.4 Å². The van der Waals surface area contributed by atoms with E-state index in [0.717, 1.165) is 28.4 Å². The van der Waals surface area contributed by atoms with Gasteiger partial charge in [0.05, 0.1) is 14.2 Å². The number of benzene rings is 1. The molecular weight excluding hydrogens is 370 g/mol. The van der Waals surface area contributed by atoms with E-state index < -0.39 is 5.91 Å². The number of nitriles is 1. The van der Waals surface area contributed by atoms with Gasteiger partial charge in [0.1, 0.15) is 17.4 Å². The molecular formula is C22H25N3O4. The third-order valence-electron chi connectivity index (χ3n) is 4.54. The predicted molar refractivity (Wildman–Crippen MR) is 110 cm³/mol. The number of esters is 1. The van der Waals surface area contributed by atoms with Gasteiger partial charge in [-0.05, 0) is 62.2 Å². The summed E-state index contributed by atoms with van der Waals surface area (Å²) in [5.41, 5.74) is 3.66. The van der Waals surface area contributed by atoms with Gasteiger partial charge in [-0.2, -0.15) is 5.26 Å².